The molecular weight excluding hydrogens is 290 g/mol. The molecule has 1 amide bonds. The number of carbonyl (C=O) groups is 1. The van der Waals surface area contributed by atoms with E-state index in [-0.39, 0.29) is 27.1 Å². The van der Waals surface area contributed by atoms with Gasteiger partial charge in [0.05, 0.1) is 15.7 Å². The van der Waals surface area contributed by atoms with Crippen molar-refractivity contribution < 1.29 is 9.18 Å². The second kappa shape index (κ2) is 5.47. The SMILES string of the molecule is Nc1c(Cl)cc(C(=O)Nc2ccc(F)cc2)cc1Cl. The molecule has 0 heterocycles. The minimum atomic E-state index is -0.407. The van der Waals surface area contributed by atoms with Gasteiger partial charge in [-0.1, -0.05) is 23.2 Å². The minimum absolute atomic E-state index is 0.205. The first-order chi connectivity index (χ1) is 8.97. The average Bonchev–Trinajstić information content (AvgIpc) is 2.38. The molecule has 98 valence electrons. The highest BCUT2D eigenvalue weighted by molar-refractivity contribution is 6.39. The molecule has 6 heteroatoms. The number of benzene rings is 2. The maximum Gasteiger partial charge on any atom is 0.255 e. The lowest BCUT2D eigenvalue weighted by Gasteiger charge is -2.08. The summed E-state index contributed by atoms with van der Waals surface area (Å²) in [5, 5.41) is 3.01. The van der Waals surface area contributed by atoms with Gasteiger partial charge in [-0.25, -0.2) is 4.39 Å². The highest BCUT2D eigenvalue weighted by Crippen LogP contribution is 2.29. The molecule has 0 aromatic heterocycles. The Morgan fingerprint density at radius 2 is 1.63 bits per heavy atom. The molecule has 19 heavy (non-hydrogen) atoms. The number of carbonyl (C=O) groups excluding carboxylic acids is 1. The lowest BCUT2D eigenvalue weighted by molar-refractivity contribution is 0.102. The van der Waals surface area contributed by atoms with E-state index in [1.165, 1.54) is 36.4 Å². The van der Waals surface area contributed by atoms with Crippen LogP contribution >= 0.6 is 23.2 Å². The van der Waals surface area contributed by atoms with E-state index in [0.29, 0.717) is 5.69 Å². The highest BCUT2D eigenvalue weighted by atomic mass is 35.5. The fourth-order valence-electron chi connectivity index (χ4n) is 1.45. The van der Waals surface area contributed by atoms with Crippen LogP contribution in [-0.2, 0) is 0 Å². The predicted octanol–water partition coefficient (Wildman–Crippen LogP) is 3.97. The lowest BCUT2D eigenvalue weighted by Crippen LogP contribution is -2.12. The van der Waals surface area contributed by atoms with Crippen LogP contribution in [0.15, 0.2) is 36.4 Å². The van der Waals surface area contributed by atoms with Crippen LogP contribution in [0, 0.1) is 5.82 Å². The molecule has 0 aliphatic carbocycles. The Morgan fingerprint density at radius 1 is 1.11 bits per heavy atom. The van der Waals surface area contributed by atoms with Gasteiger partial charge in [0.2, 0.25) is 0 Å². The number of nitrogen functional groups attached to an aromatic ring is 1. The van der Waals surface area contributed by atoms with Crippen molar-refractivity contribution >= 4 is 40.5 Å². The molecule has 2 rings (SSSR count). The summed E-state index contributed by atoms with van der Waals surface area (Å²) in [5.74, 6) is -0.785. The van der Waals surface area contributed by atoms with Crippen LogP contribution in [0.3, 0.4) is 0 Å². The number of nitrogens with one attached hydrogen (secondary N) is 1. The standard InChI is InChI=1S/C13H9Cl2FN2O/c14-10-5-7(6-11(15)12(10)17)13(19)18-9-3-1-8(16)2-4-9/h1-6H,17H2,(H,18,19). The zero-order valence-electron chi connectivity index (χ0n) is 9.58. The van der Waals surface area contributed by atoms with Gasteiger partial charge in [-0.05, 0) is 36.4 Å². The van der Waals surface area contributed by atoms with Crippen LogP contribution in [0.25, 0.3) is 0 Å². The third-order valence-electron chi connectivity index (χ3n) is 2.44. The van der Waals surface area contributed by atoms with E-state index in [1.54, 1.807) is 0 Å². The van der Waals surface area contributed by atoms with Crippen molar-refractivity contribution in [2.45, 2.75) is 0 Å². The Morgan fingerprint density at radius 3 is 2.16 bits per heavy atom. The Balaban J connectivity index is 2.23. The second-order valence-electron chi connectivity index (χ2n) is 3.81. The number of hydrogen-bond donors (Lipinski definition) is 2. The first-order valence-electron chi connectivity index (χ1n) is 5.29. The van der Waals surface area contributed by atoms with Gasteiger partial charge in [0, 0.05) is 11.3 Å². The van der Waals surface area contributed by atoms with E-state index >= 15 is 0 Å². The van der Waals surface area contributed by atoms with Gasteiger partial charge in [0.1, 0.15) is 5.82 Å². The van der Waals surface area contributed by atoms with Crippen molar-refractivity contribution in [2.75, 3.05) is 11.1 Å². The number of halogens is 3. The fraction of sp³-hybridized carbons (Fsp3) is 0. The van der Waals surface area contributed by atoms with Crippen molar-refractivity contribution in [1.29, 1.82) is 0 Å². The second-order valence-corrected chi connectivity index (χ2v) is 4.63. The van der Waals surface area contributed by atoms with Crippen molar-refractivity contribution in [2.24, 2.45) is 0 Å². The molecule has 0 radical (unpaired) electrons. The zero-order valence-corrected chi connectivity index (χ0v) is 11.1. The Bertz CT molecular complexity index is 606. The summed E-state index contributed by atoms with van der Waals surface area (Å²) in [6, 6.07) is 8.24. The van der Waals surface area contributed by atoms with Gasteiger partial charge in [-0.15, -0.1) is 0 Å². The first kappa shape index (κ1) is 13.6. The molecule has 0 aliphatic rings. The van der Waals surface area contributed by atoms with Crippen LogP contribution in [0.2, 0.25) is 10.0 Å². The summed E-state index contributed by atoms with van der Waals surface area (Å²) in [6.07, 6.45) is 0. The summed E-state index contributed by atoms with van der Waals surface area (Å²) in [4.78, 5) is 12.0. The number of nitrogens with two attached hydrogens (primary N) is 1. The number of anilines is 2. The predicted molar refractivity (Wildman–Crippen MR) is 75.2 cm³/mol. The van der Waals surface area contributed by atoms with Crippen molar-refractivity contribution in [3.8, 4) is 0 Å². The molecular formula is C13H9Cl2FN2O. The third-order valence-corrected chi connectivity index (χ3v) is 3.07. The van der Waals surface area contributed by atoms with Gasteiger partial charge >= 0.3 is 0 Å². The van der Waals surface area contributed by atoms with Gasteiger partial charge in [0.25, 0.3) is 5.91 Å². The zero-order chi connectivity index (χ0) is 14.0. The van der Waals surface area contributed by atoms with Crippen LogP contribution in [-0.4, -0.2) is 5.91 Å². The molecule has 0 saturated heterocycles. The summed E-state index contributed by atoms with van der Waals surface area (Å²) in [7, 11) is 0. The van der Waals surface area contributed by atoms with Crippen LogP contribution in [0.5, 0.6) is 0 Å². The molecule has 2 aromatic rings. The maximum absolute atomic E-state index is 12.7. The molecule has 0 saturated carbocycles. The minimum Gasteiger partial charge on any atom is -0.396 e. The lowest BCUT2D eigenvalue weighted by atomic mass is 10.2. The van der Waals surface area contributed by atoms with Gasteiger partial charge in [-0.3, -0.25) is 4.79 Å². The normalized spacial score (nSPS) is 10.3. The van der Waals surface area contributed by atoms with Crippen molar-refractivity contribution in [1.82, 2.24) is 0 Å². The molecule has 0 aliphatic heterocycles. The molecule has 3 N–H and O–H groups in total. The van der Waals surface area contributed by atoms with Crippen LogP contribution in [0.1, 0.15) is 10.4 Å². The van der Waals surface area contributed by atoms with E-state index in [2.05, 4.69) is 5.32 Å². The summed E-state index contributed by atoms with van der Waals surface area (Å²) >= 11 is 11.7. The molecule has 0 bridgehead atoms. The molecule has 0 atom stereocenters. The number of rotatable bonds is 2. The highest BCUT2D eigenvalue weighted by Gasteiger charge is 2.11. The Labute approximate surface area is 119 Å². The molecule has 2 aromatic carbocycles. The smallest absolute Gasteiger partial charge is 0.255 e. The molecule has 0 fully saturated rings. The fourth-order valence-corrected chi connectivity index (χ4v) is 1.94. The number of amides is 1. The van der Waals surface area contributed by atoms with E-state index < -0.39 is 5.91 Å². The quantitative estimate of drug-likeness (QED) is 0.824. The Kier molecular flexibility index (Phi) is 3.93. The molecule has 3 nitrogen and oxygen atoms in total. The number of hydrogen-bond acceptors (Lipinski definition) is 2. The van der Waals surface area contributed by atoms with Gasteiger partial charge in [-0.2, -0.15) is 0 Å². The topological polar surface area (TPSA) is 55.1 Å². The summed E-state index contributed by atoms with van der Waals surface area (Å²) < 4.78 is 12.7. The van der Waals surface area contributed by atoms with E-state index in [0.717, 1.165) is 0 Å². The van der Waals surface area contributed by atoms with Crippen molar-refractivity contribution in [3.63, 3.8) is 0 Å². The summed E-state index contributed by atoms with van der Waals surface area (Å²) in [6.45, 7) is 0. The monoisotopic (exact) mass is 298 g/mol. The first-order valence-corrected chi connectivity index (χ1v) is 6.04. The van der Waals surface area contributed by atoms with Gasteiger partial charge in [0.15, 0.2) is 0 Å². The molecule has 0 unspecified atom stereocenters. The largest absolute Gasteiger partial charge is 0.396 e. The maximum atomic E-state index is 12.7. The van der Waals surface area contributed by atoms with Crippen LogP contribution < -0.4 is 11.1 Å². The third kappa shape index (κ3) is 3.16. The van der Waals surface area contributed by atoms with Gasteiger partial charge < -0.3 is 11.1 Å². The summed E-state index contributed by atoms with van der Waals surface area (Å²) in [5.41, 5.74) is 6.55. The van der Waals surface area contributed by atoms with Crippen LogP contribution in [0.4, 0.5) is 15.8 Å². The van der Waals surface area contributed by atoms with E-state index in [1.807, 2.05) is 0 Å². The average molecular weight is 299 g/mol. The van der Waals surface area contributed by atoms with Crippen molar-refractivity contribution in [3.05, 3.63) is 57.8 Å². The Hall–Kier alpha value is -1.78. The van der Waals surface area contributed by atoms with E-state index in [4.69, 9.17) is 28.9 Å². The molecule has 0 spiro atoms. The van der Waals surface area contributed by atoms with E-state index in [9.17, 15) is 9.18 Å².